The Bertz CT molecular complexity index is 1190. The molecular formula is C27H35N3O3S. The van der Waals surface area contributed by atoms with Gasteiger partial charge in [-0.3, -0.25) is 0 Å². The van der Waals surface area contributed by atoms with Crippen molar-refractivity contribution >= 4 is 26.8 Å². The summed E-state index contributed by atoms with van der Waals surface area (Å²) in [6.45, 7) is 0.856. The van der Waals surface area contributed by atoms with Crippen molar-refractivity contribution in [3.8, 4) is 0 Å². The van der Waals surface area contributed by atoms with Gasteiger partial charge in [0.2, 0.25) is 10.0 Å². The molecule has 1 aliphatic heterocycles. The molecule has 34 heavy (non-hydrogen) atoms. The van der Waals surface area contributed by atoms with E-state index in [-0.39, 0.29) is 17.6 Å². The Kier molecular flexibility index (Phi) is 5.60. The minimum atomic E-state index is -3.54. The van der Waals surface area contributed by atoms with Crippen LogP contribution in [0.3, 0.4) is 0 Å². The fraction of sp³-hybridized carbons (Fsp3) is 0.593. The first-order valence-electron chi connectivity index (χ1n) is 13.0. The van der Waals surface area contributed by atoms with Crippen LogP contribution in [0.1, 0.15) is 57.8 Å². The summed E-state index contributed by atoms with van der Waals surface area (Å²) >= 11 is 0. The van der Waals surface area contributed by atoms with E-state index in [0.29, 0.717) is 30.8 Å². The number of urea groups is 1. The van der Waals surface area contributed by atoms with Crippen LogP contribution in [-0.2, 0) is 10.0 Å². The molecule has 0 spiro atoms. The molecule has 7 heteroatoms. The Morgan fingerprint density at radius 3 is 2.50 bits per heavy atom. The predicted octanol–water partition coefficient (Wildman–Crippen LogP) is 4.65. The summed E-state index contributed by atoms with van der Waals surface area (Å²) in [7, 11) is -3.54. The molecule has 2 N–H and O–H groups in total. The number of fused-ring (bicyclic) bond motifs is 3. The van der Waals surface area contributed by atoms with Gasteiger partial charge < -0.3 is 10.6 Å². The van der Waals surface area contributed by atoms with Crippen molar-refractivity contribution in [1.82, 2.24) is 14.9 Å². The molecule has 6 rings (SSSR count). The molecule has 6 nitrogen and oxygen atoms in total. The van der Waals surface area contributed by atoms with E-state index in [1.807, 2.05) is 30.3 Å². The number of carbonyl (C=O) groups is 1. The Morgan fingerprint density at radius 2 is 1.68 bits per heavy atom. The highest BCUT2D eigenvalue weighted by Crippen LogP contribution is 2.55. The molecule has 0 aromatic heterocycles. The van der Waals surface area contributed by atoms with E-state index in [0.717, 1.165) is 47.8 Å². The van der Waals surface area contributed by atoms with Gasteiger partial charge in [0.25, 0.3) is 0 Å². The zero-order chi connectivity index (χ0) is 23.3. The molecule has 4 atom stereocenters. The highest BCUT2D eigenvalue weighted by atomic mass is 32.2. The Morgan fingerprint density at radius 1 is 0.912 bits per heavy atom. The van der Waals surface area contributed by atoms with Gasteiger partial charge in [-0.1, -0.05) is 49.6 Å². The monoisotopic (exact) mass is 481 g/mol. The zero-order valence-electron chi connectivity index (χ0n) is 19.7. The van der Waals surface area contributed by atoms with Crippen LogP contribution in [0, 0.1) is 17.8 Å². The standard InChI is InChI=1S/C27H35N3O3S/c31-26(29-27-16-19-4-3-7-22(17-27)23(14-19)18-27)28-24-10-12-30(13-11-24)34(32,33)25-9-8-20-5-1-2-6-21(20)15-25/h1-2,5-6,8-9,15,19,22-24H,3-4,7,10-14,16-18H2,(H2,28,29,31). The lowest BCUT2D eigenvalue weighted by Gasteiger charge is -2.39. The molecule has 1 saturated heterocycles. The molecule has 3 saturated carbocycles. The van der Waals surface area contributed by atoms with Crippen molar-refractivity contribution in [2.24, 2.45) is 17.8 Å². The largest absolute Gasteiger partial charge is 0.335 e. The van der Waals surface area contributed by atoms with Gasteiger partial charge in [-0.25, -0.2) is 13.2 Å². The normalized spacial score (nSPS) is 31.9. The predicted molar refractivity (Wildman–Crippen MR) is 133 cm³/mol. The number of rotatable bonds is 4. The van der Waals surface area contributed by atoms with E-state index in [2.05, 4.69) is 10.6 Å². The minimum Gasteiger partial charge on any atom is -0.335 e. The lowest BCUT2D eigenvalue weighted by molar-refractivity contribution is 0.173. The van der Waals surface area contributed by atoms with Gasteiger partial charge in [0.1, 0.15) is 0 Å². The molecule has 3 bridgehead atoms. The first-order chi connectivity index (χ1) is 16.4. The summed E-state index contributed by atoms with van der Waals surface area (Å²) in [5.74, 6) is 2.36. The second-order valence-electron chi connectivity index (χ2n) is 11.2. The fourth-order valence-corrected chi connectivity index (χ4v) is 8.99. The van der Waals surface area contributed by atoms with E-state index in [1.165, 1.54) is 25.7 Å². The topological polar surface area (TPSA) is 78.5 Å². The second-order valence-corrected chi connectivity index (χ2v) is 13.2. The average Bonchev–Trinajstić information content (AvgIpc) is 2.97. The van der Waals surface area contributed by atoms with Crippen LogP contribution in [0.2, 0.25) is 0 Å². The van der Waals surface area contributed by atoms with Crippen LogP contribution in [-0.4, -0.2) is 43.4 Å². The third kappa shape index (κ3) is 4.11. The van der Waals surface area contributed by atoms with Gasteiger partial charge in [0.05, 0.1) is 4.90 Å². The Hall–Kier alpha value is -2.12. The highest BCUT2D eigenvalue weighted by molar-refractivity contribution is 7.89. The summed E-state index contributed by atoms with van der Waals surface area (Å²) < 4.78 is 28.0. The van der Waals surface area contributed by atoms with Gasteiger partial charge in [-0.2, -0.15) is 4.31 Å². The molecule has 2 aromatic rings. The molecule has 1 heterocycles. The van der Waals surface area contributed by atoms with Crippen LogP contribution < -0.4 is 10.6 Å². The first-order valence-corrected chi connectivity index (χ1v) is 14.4. The smallest absolute Gasteiger partial charge is 0.315 e. The Labute approximate surface area is 202 Å². The van der Waals surface area contributed by atoms with Crippen molar-refractivity contribution < 1.29 is 13.2 Å². The lowest BCUT2D eigenvalue weighted by atomic mass is 9.75. The second kappa shape index (κ2) is 8.52. The number of amides is 2. The van der Waals surface area contributed by atoms with Gasteiger partial charge >= 0.3 is 6.03 Å². The molecule has 4 unspecified atom stereocenters. The van der Waals surface area contributed by atoms with E-state index < -0.39 is 10.0 Å². The number of carbonyl (C=O) groups excluding carboxylic acids is 1. The zero-order valence-corrected chi connectivity index (χ0v) is 20.5. The third-order valence-electron chi connectivity index (χ3n) is 9.00. The number of nitrogens with zero attached hydrogens (tertiary/aromatic N) is 1. The summed E-state index contributed by atoms with van der Waals surface area (Å²) in [6, 6.07) is 13.1. The molecule has 182 valence electrons. The van der Waals surface area contributed by atoms with Crippen molar-refractivity contribution in [3.05, 3.63) is 42.5 Å². The Balaban J connectivity index is 1.06. The highest BCUT2D eigenvalue weighted by Gasteiger charge is 2.52. The van der Waals surface area contributed by atoms with Crippen LogP contribution in [0.15, 0.2) is 47.4 Å². The van der Waals surface area contributed by atoms with E-state index in [9.17, 15) is 13.2 Å². The van der Waals surface area contributed by atoms with E-state index in [4.69, 9.17) is 0 Å². The third-order valence-corrected chi connectivity index (χ3v) is 10.9. The molecular weight excluding hydrogens is 446 g/mol. The summed E-state index contributed by atoms with van der Waals surface area (Å²) in [5, 5.41) is 8.54. The number of hydrogen-bond donors (Lipinski definition) is 2. The van der Waals surface area contributed by atoms with Crippen LogP contribution >= 0.6 is 0 Å². The first kappa shape index (κ1) is 22.4. The van der Waals surface area contributed by atoms with Crippen molar-refractivity contribution in [3.63, 3.8) is 0 Å². The SMILES string of the molecule is O=C(NC1CCN(S(=O)(=O)c2ccc3ccccc3c2)CC1)NC12CC3CCCC(C1)C(C3)C2. The van der Waals surface area contributed by atoms with E-state index >= 15 is 0 Å². The summed E-state index contributed by atoms with van der Waals surface area (Å²) in [4.78, 5) is 13.3. The molecule has 4 fully saturated rings. The lowest BCUT2D eigenvalue weighted by Crippen LogP contribution is -2.56. The number of hydrogen-bond acceptors (Lipinski definition) is 3. The molecule has 2 aromatic carbocycles. The quantitative estimate of drug-likeness (QED) is 0.667. The van der Waals surface area contributed by atoms with Crippen LogP contribution in [0.4, 0.5) is 4.79 Å². The van der Waals surface area contributed by atoms with Gasteiger partial charge in [0.15, 0.2) is 0 Å². The number of piperidine rings is 1. The summed E-state index contributed by atoms with van der Waals surface area (Å²) in [6.07, 6.45) is 10.1. The van der Waals surface area contributed by atoms with Gasteiger partial charge in [0, 0.05) is 24.7 Å². The van der Waals surface area contributed by atoms with Gasteiger partial charge in [-0.15, -0.1) is 0 Å². The average molecular weight is 482 g/mol. The van der Waals surface area contributed by atoms with E-state index in [1.54, 1.807) is 16.4 Å². The van der Waals surface area contributed by atoms with Crippen molar-refractivity contribution in [1.29, 1.82) is 0 Å². The van der Waals surface area contributed by atoms with Crippen LogP contribution in [0.5, 0.6) is 0 Å². The minimum absolute atomic E-state index is 0.0110. The molecule has 2 amide bonds. The van der Waals surface area contributed by atoms with Crippen molar-refractivity contribution in [2.75, 3.05) is 13.1 Å². The van der Waals surface area contributed by atoms with Crippen molar-refractivity contribution in [2.45, 2.75) is 74.3 Å². The number of nitrogens with one attached hydrogen (secondary N) is 2. The molecule has 4 aliphatic rings. The van der Waals surface area contributed by atoms with Gasteiger partial charge in [-0.05, 0) is 79.2 Å². The fourth-order valence-electron chi connectivity index (χ4n) is 7.49. The number of sulfonamides is 1. The maximum atomic E-state index is 13.2. The molecule has 0 radical (unpaired) electrons. The number of benzene rings is 2. The van der Waals surface area contributed by atoms with Crippen LogP contribution in [0.25, 0.3) is 10.8 Å². The summed E-state index contributed by atoms with van der Waals surface area (Å²) in [5.41, 5.74) is -0.0110. The maximum Gasteiger partial charge on any atom is 0.315 e. The maximum absolute atomic E-state index is 13.2. The molecule has 3 aliphatic carbocycles.